The molecule has 0 fully saturated rings. The van der Waals surface area contributed by atoms with Crippen LogP contribution in [0.1, 0.15) is 25.8 Å². The summed E-state index contributed by atoms with van der Waals surface area (Å²) in [5, 5.41) is 3.34. The first-order valence-electron chi connectivity index (χ1n) is 5.78. The largest absolute Gasteiger partial charge is 0.379 e. The molecule has 1 N–H and O–H groups in total. The zero-order valence-electron chi connectivity index (χ0n) is 11.0. The molecule has 96 valence electrons. The van der Waals surface area contributed by atoms with Crippen LogP contribution >= 0.6 is 15.9 Å². The van der Waals surface area contributed by atoms with Gasteiger partial charge in [0.1, 0.15) is 0 Å². The van der Waals surface area contributed by atoms with Gasteiger partial charge in [-0.2, -0.15) is 0 Å². The van der Waals surface area contributed by atoms with E-state index in [-0.39, 0.29) is 5.60 Å². The Balaban J connectivity index is 2.64. The molecule has 1 aromatic heterocycles. The van der Waals surface area contributed by atoms with Crippen LogP contribution in [-0.4, -0.2) is 30.8 Å². The minimum Gasteiger partial charge on any atom is -0.379 e. The van der Waals surface area contributed by atoms with Gasteiger partial charge in [-0.05, 0) is 61.3 Å². The van der Waals surface area contributed by atoms with Crippen LogP contribution < -0.4 is 5.32 Å². The number of rotatable bonds is 6. The van der Waals surface area contributed by atoms with Crippen molar-refractivity contribution in [2.24, 2.45) is 0 Å². The molecule has 3 nitrogen and oxygen atoms in total. The van der Waals surface area contributed by atoms with Crippen LogP contribution in [0.5, 0.6) is 0 Å². The summed E-state index contributed by atoms with van der Waals surface area (Å²) in [5.41, 5.74) is 1.12. The third-order valence-electron chi connectivity index (χ3n) is 2.94. The Labute approximate surface area is 112 Å². The van der Waals surface area contributed by atoms with Crippen molar-refractivity contribution in [2.45, 2.75) is 38.3 Å². The van der Waals surface area contributed by atoms with Gasteiger partial charge in [-0.15, -0.1) is 0 Å². The normalized spacial score (nSPS) is 13.7. The van der Waals surface area contributed by atoms with Crippen LogP contribution in [0.15, 0.2) is 22.9 Å². The molecule has 0 spiro atoms. The molecule has 0 aromatic carbocycles. The van der Waals surface area contributed by atoms with E-state index < -0.39 is 0 Å². The standard InChI is InChI=1S/C13H21BrN2O/c1-13(2,17-4)7-12(15-3)6-10-5-11(14)9-16-8-10/h5,8-9,12,15H,6-7H2,1-4H3. The highest BCUT2D eigenvalue weighted by Gasteiger charge is 2.22. The molecule has 0 saturated carbocycles. The van der Waals surface area contributed by atoms with Crippen LogP contribution in [0, 0.1) is 0 Å². The number of halogens is 1. The van der Waals surface area contributed by atoms with Crippen LogP contribution in [0.3, 0.4) is 0 Å². The van der Waals surface area contributed by atoms with Crippen LogP contribution in [0.2, 0.25) is 0 Å². The Kier molecular flexibility index (Phi) is 5.56. The second-order valence-electron chi connectivity index (χ2n) is 4.87. The number of likely N-dealkylation sites (N-methyl/N-ethyl adjacent to an activating group) is 1. The molecular formula is C13H21BrN2O. The fraction of sp³-hybridized carbons (Fsp3) is 0.615. The van der Waals surface area contributed by atoms with Crippen molar-refractivity contribution in [3.63, 3.8) is 0 Å². The van der Waals surface area contributed by atoms with Gasteiger partial charge in [0.2, 0.25) is 0 Å². The Bertz CT molecular complexity index is 355. The number of methoxy groups -OCH3 is 1. The molecule has 0 aliphatic heterocycles. The molecule has 1 atom stereocenters. The number of hydrogen-bond donors (Lipinski definition) is 1. The number of hydrogen-bond acceptors (Lipinski definition) is 3. The molecule has 0 aliphatic carbocycles. The molecule has 0 amide bonds. The zero-order valence-corrected chi connectivity index (χ0v) is 12.5. The van der Waals surface area contributed by atoms with E-state index in [9.17, 15) is 0 Å². The highest BCUT2D eigenvalue weighted by atomic mass is 79.9. The van der Waals surface area contributed by atoms with Crippen molar-refractivity contribution in [1.82, 2.24) is 10.3 Å². The quantitative estimate of drug-likeness (QED) is 0.877. The predicted molar refractivity (Wildman–Crippen MR) is 74.2 cm³/mol. The van der Waals surface area contributed by atoms with Crippen molar-refractivity contribution in [3.05, 3.63) is 28.5 Å². The molecule has 0 aliphatic rings. The zero-order chi connectivity index (χ0) is 12.9. The SMILES string of the molecule is CNC(Cc1cncc(Br)c1)CC(C)(C)OC. The van der Waals surface area contributed by atoms with Gasteiger partial charge in [0.25, 0.3) is 0 Å². The minimum atomic E-state index is -0.104. The molecule has 1 aromatic rings. The fourth-order valence-electron chi connectivity index (χ4n) is 1.81. The van der Waals surface area contributed by atoms with Gasteiger partial charge < -0.3 is 10.1 Å². The smallest absolute Gasteiger partial charge is 0.0637 e. The van der Waals surface area contributed by atoms with Gasteiger partial charge in [-0.1, -0.05) is 0 Å². The summed E-state index contributed by atoms with van der Waals surface area (Å²) in [6.45, 7) is 4.22. The summed E-state index contributed by atoms with van der Waals surface area (Å²) in [7, 11) is 3.75. The summed E-state index contributed by atoms with van der Waals surface area (Å²) in [5.74, 6) is 0. The molecular weight excluding hydrogens is 280 g/mol. The topological polar surface area (TPSA) is 34.2 Å². The fourth-order valence-corrected chi connectivity index (χ4v) is 2.22. The first kappa shape index (κ1) is 14.6. The third kappa shape index (κ3) is 5.15. The molecule has 0 radical (unpaired) electrons. The van der Waals surface area contributed by atoms with E-state index in [1.165, 1.54) is 5.56 Å². The Morgan fingerprint density at radius 3 is 2.71 bits per heavy atom. The van der Waals surface area contributed by atoms with Gasteiger partial charge in [0.15, 0.2) is 0 Å². The van der Waals surface area contributed by atoms with Crippen LogP contribution in [-0.2, 0) is 11.2 Å². The summed E-state index contributed by atoms with van der Waals surface area (Å²) in [4.78, 5) is 4.18. The van der Waals surface area contributed by atoms with Crippen molar-refractivity contribution < 1.29 is 4.74 Å². The molecule has 1 heterocycles. The molecule has 0 saturated heterocycles. The van der Waals surface area contributed by atoms with E-state index in [0.29, 0.717) is 6.04 Å². The molecule has 4 heteroatoms. The highest BCUT2D eigenvalue weighted by Crippen LogP contribution is 2.19. The summed E-state index contributed by atoms with van der Waals surface area (Å²) in [6, 6.07) is 2.50. The molecule has 17 heavy (non-hydrogen) atoms. The maximum atomic E-state index is 5.47. The second-order valence-corrected chi connectivity index (χ2v) is 5.78. The molecule has 1 unspecified atom stereocenters. The summed E-state index contributed by atoms with van der Waals surface area (Å²) >= 11 is 3.44. The number of pyridine rings is 1. The lowest BCUT2D eigenvalue weighted by atomic mass is 9.94. The summed E-state index contributed by atoms with van der Waals surface area (Å²) < 4.78 is 6.49. The van der Waals surface area contributed by atoms with Gasteiger partial charge >= 0.3 is 0 Å². The first-order chi connectivity index (χ1) is 7.96. The van der Waals surface area contributed by atoms with E-state index in [2.05, 4.69) is 46.1 Å². The van der Waals surface area contributed by atoms with Crippen molar-refractivity contribution in [3.8, 4) is 0 Å². The Morgan fingerprint density at radius 2 is 2.18 bits per heavy atom. The number of nitrogens with zero attached hydrogens (tertiary/aromatic N) is 1. The van der Waals surface area contributed by atoms with E-state index in [0.717, 1.165) is 17.3 Å². The minimum absolute atomic E-state index is 0.104. The maximum absolute atomic E-state index is 5.47. The maximum Gasteiger partial charge on any atom is 0.0637 e. The lowest BCUT2D eigenvalue weighted by molar-refractivity contribution is 0.00772. The van der Waals surface area contributed by atoms with Crippen LogP contribution in [0.4, 0.5) is 0 Å². The average Bonchev–Trinajstić information content (AvgIpc) is 2.28. The van der Waals surface area contributed by atoms with E-state index in [4.69, 9.17) is 4.74 Å². The molecule has 0 bridgehead atoms. The monoisotopic (exact) mass is 300 g/mol. The second kappa shape index (κ2) is 6.47. The number of aromatic nitrogens is 1. The van der Waals surface area contributed by atoms with E-state index in [1.54, 1.807) is 13.3 Å². The van der Waals surface area contributed by atoms with Gasteiger partial charge in [-0.3, -0.25) is 4.98 Å². The Morgan fingerprint density at radius 1 is 1.47 bits per heavy atom. The van der Waals surface area contributed by atoms with Crippen molar-refractivity contribution in [2.75, 3.05) is 14.2 Å². The highest BCUT2D eigenvalue weighted by molar-refractivity contribution is 9.10. The number of nitrogens with one attached hydrogen (secondary N) is 1. The van der Waals surface area contributed by atoms with Crippen molar-refractivity contribution >= 4 is 15.9 Å². The third-order valence-corrected chi connectivity index (χ3v) is 3.38. The van der Waals surface area contributed by atoms with E-state index in [1.807, 2.05) is 13.2 Å². The number of ether oxygens (including phenoxy) is 1. The average molecular weight is 301 g/mol. The van der Waals surface area contributed by atoms with Gasteiger partial charge in [-0.25, -0.2) is 0 Å². The first-order valence-corrected chi connectivity index (χ1v) is 6.58. The Hall–Kier alpha value is -0.450. The molecule has 1 rings (SSSR count). The van der Waals surface area contributed by atoms with Gasteiger partial charge in [0, 0.05) is 30.0 Å². The predicted octanol–water partition coefficient (Wildman–Crippen LogP) is 2.79. The van der Waals surface area contributed by atoms with Gasteiger partial charge in [0.05, 0.1) is 5.60 Å². The van der Waals surface area contributed by atoms with E-state index >= 15 is 0 Å². The summed E-state index contributed by atoms with van der Waals surface area (Å²) in [6.07, 6.45) is 5.63. The van der Waals surface area contributed by atoms with Crippen LogP contribution in [0.25, 0.3) is 0 Å². The lowest BCUT2D eigenvalue weighted by Crippen LogP contribution is -2.37. The lowest BCUT2D eigenvalue weighted by Gasteiger charge is -2.28. The van der Waals surface area contributed by atoms with Crippen molar-refractivity contribution in [1.29, 1.82) is 0 Å².